The van der Waals surface area contributed by atoms with Gasteiger partial charge >= 0.3 is 0 Å². The van der Waals surface area contributed by atoms with Crippen molar-refractivity contribution in [3.8, 4) is 0 Å². The molecule has 0 aliphatic carbocycles. The zero-order valence-electron chi connectivity index (χ0n) is 20.1. The van der Waals surface area contributed by atoms with Crippen LogP contribution >= 0.6 is 0 Å². The molecule has 0 amide bonds. The van der Waals surface area contributed by atoms with Gasteiger partial charge < -0.3 is 0 Å². The Hall–Kier alpha value is -1.30. The monoisotopic (exact) mass is 374 g/mol. The molecule has 0 spiro atoms. The van der Waals surface area contributed by atoms with Crippen LogP contribution in [0.25, 0.3) is 0 Å². The Bertz CT molecular complexity index is 407. The van der Waals surface area contributed by atoms with Crippen LogP contribution in [0.4, 0.5) is 0 Å². The van der Waals surface area contributed by atoms with Gasteiger partial charge in [0.1, 0.15) is 0 Å². The third-order valence-electron chi connectivity index (χ3n) is 4.04. The van der Waals surface area contributed by atoms with Gasteiger partial charge in [-0.05, 0) is 23.5 Å². The van der Waals surface area contributed by atoms with Crippen molar-refractivity contribution in [1.29, 1.82) is 0 Å². The number of hydrogen-bond donors (Lipinski definition) is 0. The van der Waals surface area contributed by atoms with E-state index in [-0.39, 0.29) is 0 Å². The molecule has 1 unspecified atom stereocenters. The zero-order valence-corrected chi connectivity index (χ0v) is 20.1. The molecule has 0 saturated carbocycles. The molecule has 0 aliphatic heterocycles. The highest BCUT2D eigenvalue weighted by Crippen LogP contribution is 2.24. The molecule has 0 heterocycles. The second kappa shape index (κ2) is 24.7. The summed E-state index contributed by atoms with van der Waals surface area (Å²) >= 11 is 0. The molecule has 0 fully saturated rings. The lowest BCUT2D eigenvalue weighted by molar-refractivity contribution is 0.480. The lowest BCUT2D eigenvalue weighted by Gasteiger charge is -2.12. The first-order chi connectivity index (χ1) is 13.0. The Kier molecular flexibility index (Phi) is 27.8. The molecule has 0 heteroatoms. The molecule has 0 aliphatic rings. The van der Waals surface area contributed by atoms with Crippen LogP contribution in [0, 0.1) is 5.92 Å². The van der Waals surface area contributed by atoms with Gasteiger partial charge in [-0.2, -0.15) is 0 Å². The maximum Gasteiger partial charge on any atom is 0.00576 e. The first-order valence-electron chi connectivity index (χ1n) is 11.4. The molecule has 0 nitrogen and oxygen atoms in total. The first-order valence-corrected chi connectivity index (χ1v) is 11.4. The Labute approximate surface area is 173 Å². The molecule has 158 valence electrons. The number of rotatable bonds is 8. The number of benzene rings is 1. The highest BCUT2D eigenvalue weighted by atomic mass is 14.1. The van der Waals surface area contributed by atoms with Gasteiger partial charge in [0, 0.05) is 5.92 Å². The van der Waals surface area contributed by atoms with E-state index >= 15 is 0 Å². The summed E-state index contributed by atoms with van der Waals surface area (Å²) in [6, 6.07) is 10.5. The van der Waals surface area contributed by atoms with Crippen molar-refractivity contribution in [2.24, 2.45) is 5.92 Å². The summed E-state index contributed by atoms with van der Waals surface area (Å²) in [5.41, 5.74) is 2.67. The molecule has 0 bridgehead atoms. The summed E-state index contributed by atoms with van der Waals surface area (Å²) in [6.45, 7) is 23.3. The molecule has 0 radical (unpaired) electrons. The molecule has 1 aromatic rings. The maximum atomic E-state index is 3.86. The molecule has 1 rings (SSSR count). The van der Waals surface area contributed by atoms with Crippen molar-refractivity contribution in [2.75, 3.05) is 0 Å². The minimum atomic E-state index is 0.452. The standard InChI is InChI=1S/C14H18.C8H18.C3H8.C2H6/c1-4-9-13(5-2)12(3)14-10-7-6-8-11-14;1-4-6-8(3)7-5-2;1-3-2;1-2/h5-12H,2,4H2,1,3H3;8H,4-7H2,1-3H3;3H2,1-2H3;1-2H3/b13-9+;;;. The SMILES string of the molecule is C=C/C(=C\CC)C(C)c1ccccc1.CC.CCC.CCCC(C)CCC. The zero-order chi connectivity index (χ0) is 21.5. The average molecular weight is 375 g/mol. The normalized spacial score (nSPS) is 11.1. The van der Waals surface area contributed by atoms with Gasteiger partial charge in [0.25, 0.3) is 0 Å². The average Bonchev–Trinajstić information content (AvgIpc) is 2.69. The fourth-order valence-electron chi connectivity index (χ4n) is 2.74. The van der Waals surface area contributed by atoms with Crippen LogP contribution in [0.1, 0.15) is 112 Å². The second-order valence-electron chi connectivity index (χ2n) is 6.84. The summed E-state index contributed by atoms with van der Waals surface area (Å²) in [4.78, 5) is 0. The highest BCUT2D eigenvalue weighted by molar-refractivity contribution is 5.33. The smallest absolute Gasteiger partial charge is 0.00576 e. The molecule has 27 heavy (non-hydrogen) atoms. The van der Waals surface area contributed by atoms with E-state index in [1.54, 1.807) is 0 Å². The van der Waals surface area contributed by atoms with Crippen LogP contribution < -0.4 is 0 Å². The minimum absolute atomic E-state index is 0.452. The summed E-state index contributed by atoms with van der Waals surface area (Å²) in [5, 5.41) is 0. The summed E-state index contributed by atoms with van der Waals surface area (Å²) < 4.78 is 0. The van der Waals surface area contributed by atoms with Gasteiger partial charge in [-0.3, -0.25) is 0 Å². The molecule has 0 saturated heterocycles. The maximum absolute atomic E-state index is 3.86. The van der Waals surface area contributed by atoms with E-state index in [0.717, 1.165) is 12.3 Å². The van der Waals surface area contributed by atoms with E-state index in [1.807, 2.05) is 26.0 Å². The molecular formula is C27H50. The van der Waals surface area contributed by atoms with Gasteiger partial charge in [0.05, 0.1) is 0 Å². The van der Waals surface area contributed by atoms with Crippen LogP contribution in [-0.2, 0) is 0 Å². The van der Waals surface area contributed by atoms with Crippen molar-refractivity contribution in [3.63, 3.8) is 0 Å². The molecule has 0 aromatic heterocycles. The van der Waals surface area contributed by atoms with Gasteiger partial charge in [-0.1, -0.05) is 143 Å². The van der Waals surface area contributed by atoms with Crippen molar-refractivity contribution in [2.45, 2.75) is 107 Å². The Morgan fingerprint density at radius 2 is 1.33 bits per heavy atom. The highest BCUT2D eigenvalue weighted by Gasteiger charge is 2.06. The van der Waals surface area contributed by atoms with Crippen molar-refractivity contribution in [3.05, 3.63) is 60.2 Å². The largest absolute Gasteiger partial charge is 0.0988 e. The van der Waals surface area contributed by atoms with Crippen LogP contribution in [0.15, 0.2) is 54.6 Å². The number of hydrogen-bond acceptors (Lipinski definition) is 0. The lowest BCUT2D eigenvalue weighted by atomic mass is 9.92. The van der Waals surface area contributed by atoms with Crippen LogP contribution in [0.5, 0.6) is 0 Å². The topological polar surface area (TPSA) is 0 Å². The van der Waals surface area contributed by atoms with E-state index in [2.05, 4.69) is 85.4 Å². The van der Waals surface area contributed by atoms with Crippen LogP contribution in [-0.4, -0.2) is 0 Å². The Morgan fingerprint density at radius 1 is 0.889 bits per heavy atom. The third-order valence-corrected chi connectivity index (χ3v) is 4.04. The quantitative estimate of drug-likeness (QED) is 0.397. The van der Waals surface area contributed by atoms with Gasteiger partial charge in [0.2, 0.25) is 0 Å². The van der Waals surface area contributed by atoms with E-state index in [0.29, 0.717) is 5.92 Å². The Balaban J connectivity index is -0.000000376. The summed E-state index contributed by atoms with van der Waals surface area (Å²) in [5.74, 6) is 1.42. The van der Waals surface area contributed by atoms with Crippen LogP contribution in [0.2, 0.25) is 0 Å². The molecule has 0 N–H and O–H groups in total. The lowest BCUT2D eigenvalue weighted by Crippen LogP contribution is -1.95. The third kappa shape index (κ3) is 19.3. The van der Waals surface area contributed by atoms with E-state index in [4.69, 9.17) is 0 Å². The predicted octanol–water partition coefficient (Wildman–Crippen LogP) is 9.98. The van der Waals surface area contributed by atoms with Gasteiger partial charge in [-0.25, -0.2) is 0 Å². The summed E-state index contributed by atoms with van der Waals surface area (Å²) in [6.07, 6.45) is 12.0. The summed E-state index contributed by atoms with van der Waals surface area (Å²) in [7, 11) is 0. The second-order valence-corrected chi connectivity index (χ2v) is 6.84. The van der Waals surface area contributed by atoms with E-state index < -0.39 is 0 Å². The Morgan fingerprint density at radius 3 is 1.67 bits per heavy atom. The van der Waals surface area contributed by atoms with Gasteiger partial charge in [0.15, 0.2) is 0 Å². The predicted molar refractivity (Wildman–Crippen MR) is 130 cm³/mol. The fourth-order valence-corrected chi connectivity index (χ4v) is 2.74. The first kappa shape index (κ1) is 30.4. The minimum Gasteiger partial charge on any atom is -0.0988 e. The fraction of sp³-hybridized carbons (Fsp3) is 0.630. The molecule has 1 aromatic carbocycles. The van der Waals surface area contributed by atoms with Crippen molar-refractivity contribution >= 4 is 0 Å². The van der Waals surface area contributed by atoms with E-state index in [1.165, 1.54) is 43.2 Å². The van der Waals surface area contributed by atoms with Crippen molar-refractivity contribution < 1.29 is 0 Å². The number of allylic oxidation sites excluding steroid dienone is 3. The van der Waals surface area contributed by atoms with Gasteiger partial charge in [-0.15, -0.1) is 0 Å². The molecule has 1 atom stereocenters. The van der Waals surface area contributed by atoms with Crippen LogP contribution in [0.3, 0.4) is 0 Å². The van der Waals surface area contributed by atoms with E-state index in [9.17, 15) is 0 Å². The van der Waals surface area contributed by atoms with Crippen molar-refractivity contribution in [1.82, 2.24) is 0 Å². The molecular weight excluding hydrogens is 324 g/mol.